The largest absolute Gasteiger partial charge is 0.493 e. The highest BCUT2D eigenvalue weighted by molar-refractivity contribution is 5.85. The number of para-hydroxylation sites is 2. The molecule has 0 saturated heterocycles. The molecule has 1 amide bonds. The predicted octanol–water partition coefficient (Wildman–Crippen LogP) is 4.83. The molecule has 3 aromatic carbocycles. The van der Waals surface area contributed by atoms with E-state index in [1.165, 1.54) is 0 Å². The van der Waals surface area contributed by atoms with Gasteiger partial charge in [0.05, 0.1) is 13.7 Å². The van der Waals surface area contributed by atoms with Gasteiger partial charge in [-0.15, -0.1) is 0 Å². The summed E-state index contributed by atoms with van der Waals surface area (Å²) in [6.07, 6.45) is 2.08. The van der Waals surface area contributed by atoms with E-state index in [-0.39, 0.29) is 11.8 Å². The number of nitrogens with one attached hydrogen (secondary N) is 2. The van der Waals surface area contributed by atoms with Crippen molar-refractivity contribution < 1.29 is 19.0 Å². The van der Waals surface area contributed by atoms with E-state index >= 15 is 0 Å². The third-order valence-electron chi connectivity index (χ3n) is 6.31. The van der Waals surface area contributed by atoms with Gasteiger partial charge in [-0.1, -0.05) is 42.5 Å². The van der Waals surface area contributed by atoms with E-state index in [0.29, 0.717) is 31.1 Å². The van der Waals surface area contributed by atoms with Gasteiger partial charge in [-0.2, -0.15) is 0 Å². The fourth-order valence-electron chi connectivity index (χ4n) is 4.61. The Balaban J connectivity index is 1.43. The molecule has 0 aliphatic carbocycles. The number of ether oxygens (including phenoxy) is 3. The molecule has 2 N–H and O–H groups in total. The molecule has 5 rings (SSSR count). The first-order valence-electron chi connectivity index (χ1n) is 11.6. The molecule has 174 valence electrons. The summed E-state index contributed by atoms with van der Waals surface area (Å²) in [7, 11) is 1.64. The molecular formula is C28H28N2O4. The van der Waals surface area contributed by atoms with Crippen molar-refractivity contribution in [3.63, 3.8) is 0 Å². The summed E-state index contributed by atoms with van der Waals surface area (Å²) in [5.41, 5.74) is 4.26. The van der Waals surface area contributed by atoms with Crippen LogP contribution in [0.5, 0.6) is 17.2 Å². The topological polar surface area (TPSA) is 72.6 Å². The van der Waals surface area contributed by atoms with Crippen LogP contribution in [0.1, 0.15) is 29.5 Å². The van der Waals surface area contributed by atoms with E-state index in [9.17, 15) is 4.79 Å². The van der Waals surface area contributed by atoms with Crippen LogP contribution in [0.3, 0.4) is 0 Å². The molecule has 0 radical (unpaired) electrons. The number of methoxy groups -OCH3 is 1. The second kappa shape index (κ2) is 9.51. The first-order chi connectivity index (χ1) is 16.7. The van der Waals surface area contributed by atoms with Crippen molar-refractivity contribution in [3.8, 4) is 17.2 Å². The highest BCUT2D eigenvalue weighted by Crippen LogP contribution is 2.36. The van der Waals surface area contributed by atoms with E-state index in [2.05, 4.69) is 22.4 Å². The van der Waals surface area contributed by atoms with Gasteiger partial charge in [0, 0.05) is 36.0 Å². The quantitative estimate of drug-likeness (QED) is 0.399. The van der Waals surface area contributed by atoms with Gasteiger partial charge in [0.2, 0.25) is 0 Å². The van der Waals surface area contributed by atoms with E-state index < -0.39 is 6.10 Å². The maximum absolute atomic E-state index is 13.1. The molecule has 2 atom stereocenters. The number of carbonyl (C=O) groups excluding carboxylic acids is 1. The Morgan fingerprint density at radius 1 is 1.12 bits per heavy atom. The smallest absolute Gasteiger partial charge is 0.261 e. The molecule has 6 heteroatoms. The second-order valence-electron chi connectivity index (χ2n) is 8.35. The summed E-state index contributed by atoms with van der Waals surface area (Å²) in [6.45, 7) is 2.93. The van der Waals surface area contributed by atoms with Crippen molar-refractivity contribution in [1.82, 2.24) is 10.3 Å². The minimum Gasteiger partial charge on any atom is -0.493 e. The van der Waals surface area contributed by atoms with Crippen molar-refractivity contribution in [2.45, 2.75) is 25.4 Å². The van der Waals surface area contributed by atoms with E-state index in [0.717, 1.165) is 33.3 Å². The minimum atomic E-state index is -0.518. The molecule has 4 aromatic rings. The zero-order valence-corrected chi connectivity index (χ0v) is 19.3. The summed E-state index contributed by atoms with van der Waals surface area (Å²) in [4.78, 5) is 16.4. The van der Waals surface area contributed by atoms with Crippen molar-refractivity contribution in [1.29, 1.82) is 0 Å². The second-order valence-corrected chi connectivity index (χ2v) is 8.35. The van der Waals surface area contributed by atoms with Crippen LogP contribution in [0.15, 0.2) is 72.9 Å². The highest BCUT2D eigenvalue weighted by Gasteiger charge is 2.30. The SMILES string of the molecule is CCOc1ccc([C@H](CNC(=O)[C@H]2Cc3ccccc3O2)c2c[nH]c3ccccc23)cc1OC. The number of amides is 1. The molecule has 2 heterocycles. The molecule has 1 aromatic heterocycles. The number of carbonyl (C=O) groups is 1. The lowest BCUT2D eigenvalue weighted by Gasteiger charge is -2.21. The van der Waals surface area contributed by atoms with Crippen molar-refractivity contribution in [2.24, 2.45) is 0 Å². The van der Waals surface area contributed by atoms with Gasteiger partial charge in [0.25, 0.3) is 5.91 Å². The van der Waals surface area contributed by atoms with Gasteiger partial charge >= 0.3 is 0 Å². The number of fused-ring (bicyclic) bond motifs is 2. The molecule has 0 unspecified atom stereocenters. The molecule has 0 spiro atoms. The van der Waals surface area contributed by atoms with Gasteiger partial charge < -0.3 is 24.5 Å². The van der Waals surface area contributed by atoms with Crippen LogP contribution in [0.2, 0.25) is 0 Å². The van der Waals surface area contributed by atoms with Crippen LogP contribution >= 0.6 is 0 Å². The number of rotatable bonds is 8. The summed E-state index contributed by atoms with van der Waals surface area (Å²) >= 11 is 0. The zero-order chi connectivity index (χ0) is 23.5. The fourth-order valence-corrected chi connectivity index (χ4v) is 4.61. The number of aromatic nitrogens is 1. The Morgan fingerprint density at radius 2 is 1.94 bits per heavy atom. The summed E-state index contributed by atoms with van der Waals surface area (Å²) in [5, 5.41) is 4.26. The fraction of sp³-hybridized carbons (Fsp3) is 0.250. The summed E-state index contributed by atoms with van der Waals surface area (Å²) in [6, 6.07) is 21.9. The Labute approximate surface area is 198 Å². The molecule has 0 bridgehead atoms. The number of aromatic amines is 1. The number of H-pyrrole nitrogens is 1. The maximum atomic E-state index is 13.1. The first kappa shape index (κ1) is 21.9. The van der Waals surface area contributed by atoms with Crippen LogP contribution in [0, 0.1) is 0 Å². The number of hydrogen-bond acceptors (Lipinski definition) is 4. The molecule has 1 aliphatic rings. The van der Waals surface area contributed by atoms with E-state index in [1.54, 1.807) is 7.11 Å². The average molecular weight is 457 g/mol. The van der Waals surface area contributed by atoms with Crippen molar-refractivity contribution in [2.75, 3.05) is 20.3 Å². The summed E-state index contributed by atoms with van der Waals surface area (Å²) < 4.78 is 17.2. The third kappa shape index (κ3) is 4.19. The standard InChI is InChI=1S/C28H28N2O4/c1-3-33-25-13-12-18(14-26(25)32-2)21(22-17-29-23-10-6-5-9-20(22)23)16-30-28(31)27-15-19-8-4-7-11-24(19)34-27/h4-14,17,21,27,29H,3,15-16H2,1-2H3,(H,30,31)/t21-,27+/m0/s1. The molecule has 34 heavy (non-hydrogen) atoms. The minimum absolute atomic E-state index is 0.0894. The molecule has 6 nitrogen and oxygen atoms in total. The normalized spacial score (nSPS) is 15.4. The van der Waals surface area contributed by atoms with Gasteiger partial charge in [0.15, 0.2) is 17.6 Å². The Morgan fingerprint density at radius 3 is 2.76 bits per heavy atom. The van der Waals surface area contributed by atoms with Crippen molar-refractivity contribution in [3.05, 3.63) is 89.6 Å². The monoisotopic (exact) mass is 456 g/mol. The molecule has 0 fully saturated rings. The average Bonchev–Trinajstić information content (AvgIpc) is 3.50. The lowest BCUT2D eigenvalue weighted by molar-refractivity contribution is -0.127. The predicted molar refractivity (Wildman–Crippen MR) is 132 cm³/mol. The van der Waals surface area contributed by atoms with Gasteiger partial charge in [-0.05, 0) is 47.9 Å². The first-order valence-corrected chi connectivity index (χ1v) is 11.6. The van der Waals surface area contributed by atoms with Crippen LogP contribution < -0.4 is 19.5 Å². The van der Waals surface area contributed by atoms with Crippen LogP contribution in [0.25, 0.3) is 10.9 Å². The number of hydrogen-bond donors (Lipinski definition) is 2. The van der Waals surface area contributed by atoms with Gasteiger partial charge in [0.1, 0.15) is 5.75 Å². The van der Waals surface area contributed by atoms with Crippen LogP contribution in [-0.2, 0) is 11.2 Å². The Bertz CT molecular complexity index is 1290. The Hall–Kier alpha value is -3.93. The highest BCUT2D eigenvalue weighted by atomic mass is 16.5. The number of benzene rings is 3. The Kier molecular flexibility index (Phi) is 6.12. The van der Waals surface area contributed by atoms with E-state index in [4.69, 9.17) is 14.2 Å². The molecular weight excluding hydrogens is 428 g/mol. The lowest BCUT2D eigenvalue weighted by atomic mass is 9.90. The van der Waals surface area contributed by atoms with Crippen LogP contribution in [0.4, 0.5) is 0 Å². The van der Waals surface area contributed by atoms with Crippen LogP contribution in [-0.4, -0.2) is 37.3 Å². The molecule has 0 saturated carbocycles. The summed E-state index contributed by atoms with van der Waals surface area (Å²) in [5.74, 6) is 1.96. The third-order valence-corrected chi connectivity index (χ3v) is 6.31. The van der Waals surface area contributed by atoms with Gasteiger partial charge in [-0.25, -0.2) is 0 Å². The van der Waals surface area contributed by atoms with E-state index in [1.807, 2.05) is 67.7 Å². The zero-order valence-electron chi connectivity index (χ0n) is 19.3. The van der Waals surface area contributed by atoms with Gasteiger partial charge in [-0.3, -0.25) is 4.79 Å². The molecule has 1 aliphatic heterocycles. The maximum Gasteiger partial charge on any atom is 0.261 e. The van der Waals surface area contributed by atoms with Crippen molar-refractivity contribution >= 4 is 16.8 Å². The lowest BCUT2D eigenvalue weighted by Crippen LogP contribution is -2.39.